The van der Waals surface area contributed by atoms with E-state index in [1.165, 1.54) is 4.88 Å². The molecule has 6 heteroatoms. The van der Waals surface area contributed by atoms with Crippen LogP contribution in [0.15, 0.2) is 24.3 Å². The van der Waals surface area contributed by atoms with Gasteiger partial charge in [-0.2, -0.15) is 0 Å². The third-order valence-corrected chi connectivity index (χ3v) is 5.71. The fraction of sp³-hybridized carbons (Fsp3) is 0.421. The van der Waals surface area contributed by atoms with Gasteiger partial charge in [-0.05, 0) is 49.6 Å². The van der Waals surface area contributed by atoms with Gasteiger partial charge < -0.3 is 19.5 Å². The van der Waals surface area contributed by atoms with Crippen LogP contribution in [0.5, 0.6) is 11.5 Å². The van der Waals surface area contributed by atoms with Crippen molar-refractivity contribution >= 4 is 17.2 Å². The molecule has 4 rings (SSSR count). The van der Waals surface area contributed by atoms with Crippen LogP contribution in [0.2, 0.25) is 0 Å². The quantitative estimate of drug-likeness (QED) is 0.894. The Labute approximate surface area is 150 Å². The molecule has 0 saturated carbocycles. The third kappa shape index (κ3) is 3.24. The zero-order valence-electron chi connectivity index (χ0n) is 14.2. The van der Waals surface area contributed by atoms with E-state index in [9.17, 15) is 9.90 Å². The summed E-state index contributed by atoms with van der Waals surface area (Å²) >= 11 is 1.68. The van der Waals surface area contributed by atoms with E-state index in [1.54, 1.807) is 22.3 Å². The van der Waals surface area contributed by atoms with Gasteiger partial charge in [-0.3, -0.25) is 4.79 Å². The Morgan fingerprint density at radius 1 is 1.32 bits per heavy atom. The zero-order valence-corrected chi connectivity index (χ0v) is 15.0. The number of hydrogen-bond acceptors (Lipinski definition) is 5. The van der Waals surface area contributed by atoms with Gasteiger partial charge in [0.15, 0.2) is 11.5 Å². The van der Waals surface area contributed by atoms with Crippen LogP contribution in [0.4, 0.5) is 0 Å². The summed E-state index contributed by atoms with van der Waals surface area (Å²) in [7, 11) is 0. The lowest BCUT2D eigenvalue weighted by Crippen LogP contribution is -2.39. The third-order valence-electron chi connectivity index (χ3n) is 4.66. The van der Waals surface area contributed by atoms with Gasteiger partial charge in [0, 0.05) is 28.5 Å². The fourth-order valence-electron chi connectivity index (χ4n) is 3.40. The highest BCUT2D eigenvalue weighted by Gasteiger charge is 2.30. The lowest BCUT2D eigenvalue weighted by molar-refractivity contribution is -0.141. The molecule has 0 aliphatic carbocycles. The Morgan fingerprint density at radius 3 is 2.92 bits per heavy atom. The maximum atomic E-state index is 12.7. The van der Waals surface area contributed by atoms with Crippen LogP contribution in [0.1, 0.15) is 23.3 Å². The highest BCUT2D eigenvalue weighted by molar-refractivity contribution is 7.15. The van der Waals surface area contributed by atoms with Crippen molar-refractivity contribution in [1.29, 1.82) is 0 Å². The minimum atomic E-state index is -0.335. The van der Waals surface area contributed by atoms with E-state index in [1.807, 2.05) is 12.1 Å². The molecular weight excluding hydrogens is 338 g/mol. The molecule has 3 heterocycles. The van der Waals surface area contributed by atoms with Crippen LogP contribution in [0.3, 0.4) is 0 Å². The zero-order chi connectivity index (χ0) is 17.4. The van der Waals surface area contributed by atoms with Gasteiger partial charge in [0.25, 0.3) is 5.91 Å². The second-order valence-corrected chi connectivity index (χ2v) is 7.79. The van der Waals surface area contributed by atoms with Crippen molar-refractivity contribution in [2.45, 2.75) is 32.4 Å². The van der Waals surface area contributed by atoms with E-state index in [-0.39, 0.29) is 17.8 Å². The number of ether oxygens (including phenoxy) is 2. The lowest BCUT2D eigenvalue weighted by atomic mass is 10.1. The number of nitrogens with zero attached hydrogens (tertiary/aromatic N) is 1. The molecule has 0 radical (unpaired) electrons. The number of hydrogen-bond donors (Lipinski definition) is 1. The smallest absolute Gasteiger partial charge is 0.252 e. The number of amides is 1. The van der Waals surface area contributed by atoms with Crippen LogP contribution in [0.25, 0.3) is 10.4 Å². The highest BCUT2D eigenvalue weighted by atomic mass is 32.1. The van der Waals surface area contributed by atoms with Crippen LogP contribution in [-0.4, -0.2) is 41.8 Å². The predicted molar refractivity (Wildman–Crippen MR) is 96.0 cm³/mol. The predicted octanol–water partition coefficient (Wildman–Crippen LogP) is 3.33. The molecule has 0 unspecified atom stereocenters. The van der Waals surface area contributed by atoms with Gasteiger partial charge in [0.05, 0.1) is 6.54 Å². The Bertz CT molecular complexity index is 795. The molecule has 5 nitrogen and oxygen atoms in total. The van der Waals surface area contributed by atoms with Crippen molar-refractivity contribution in [1.82, 2.24) is 4.90 Å². The first-order chi connectivity index (χ1) is 12.1. The number of thiophene rings is 1. The van der Waals surface area contributed by atoms with Crippen LogP contribution in [-0.2, 0) is 16.1 Å². The van der Waals surface area contributed by atoms with Crippen molar-refractivity contribution < 1.29 is 19.4 Å². The molecule has 1 N–H and O–H groups in total. The van der Waals surface area contributed by atoms with Crippen LogP contribution >= 0.6 is 11.3 Å². The minimum absolute atomic E-state index is 0.0193. The number of phenols is 1. The molecule has 2 aliphatic heterocycles. The number of rotatable bonds is 2. The summed E-state index contributed by atoms with van der Waals surface area (Å²) in [6.45, 7) is 4.01. The first-order valence-electron chi connectivity index (χ1n) is 8.58. The Balaban J connectivity index is 1.65. The first-order valence-corrected chi connectivity index (χ1v) is 9.39. The Hall–Kier alpha value is -2.05. The normalized spacial score (nSPS) is 20.0. The number of aryl methyl sites for hydroxylation is 1. The number of fused-ring (bicyclic) bond motifs is 1. The number of carbonyl (C=O) groups is 1. The highest BCUT2D eigenvalue weighted by Crippen LogP contribution is 2.39. The average Bonchev–Trinajstić information content (AvgIpc) is 3.22. The molecule has 1 saturated heterocycles. The maximum Gasteiger partial charge on any atom is 0.252 e. The summed E-state index contributed by atoms with van der Waals surface area (Å²) in [4.78, 5) is 16.8. The van der Waals surface area contributed by atoms with E-state index in [0.29, 0.717) is 32.1 Å². The topological polar surface area (TPSA) is 59.0 Å². The van der Waals surface area contributed by atoms with E-state index in [2.05, 4.69) is 13.0 Å². The van der Waals surface area contributed by atoms with Crippen molar-refractivity contribution in [2.75, 3.05) is 19.8 Å². The molecule has 25 heavy (non-hydrogen) atoms. The van der Waals surface area contributed by atoms with Gasteiger partial charge in [-0.15, -0.1) is 11.3 Å². The molecule has 2 aromatic rings. The number of phenolic OH excluding ortho intramolecular Hbond substituents is 1. The largest absolute Gasteiger partial charge is 0.504 e. The van der Waals surface area contributed by atoms with E-state index >= 15 is 0 Å². The van der Waals surface area contributed by atoms with Crippen molar-refractivity contribution in [2.24, 2.45) is 0 Å². The molecule has 0 spiro atoms. The molecule has 1 aromatic heterocycles. The number of aromatic hydroxyl groups is 1. The minimum Gasteiger partial charge on any atom is -0.504 e. The van der Waals surface area contributed by atoms with Crippen molar-refractivity contribution in [3.63, 3.8) is 0 Å². The number of carbonyl (C=O) groups excluding carboxylic acids is 1. The first kappa shape index (κ1) is 16.4. The molecule has 132 valence electrons. The van der Waals surface area contributed by atoms with Gasteiger partial charge in [-0.25, -0.2) is 0 Å². The average molecular weight is 359 g/mol. The summed E-state index contributed by atoms with van der Waals surface area (Å²) in [5, 5.41) is 10.4. The van der Waals surface area contributed by atoms with Gasteiger partial charge in [0.2, 0.25) is 0 Å². The standard InChI is InChI=1S/C19H21NO4S/c1-12-4-5-17(25-12)13-9-14-11-20(19(22)16-3-2-7-23-16)6-8-24-18(14)15(21)10-13/h4-5,9-10,16,21H,2-3,6-8,11H2,1H3/t16-/m1/s1. The summed E-state index contributed by atoms with van der Waals surface area (Å²) in [5.41, 5.74) is 1.79. The molecular formula is C19H21NO4S. The summed E-state index contributed by atoms with van der Waals surface area (Å²) in [6, 6.07) is 7.86. The molecule has 1 aromatic carbocycles. The van der Waals surface area contributed by atoms with E-state index in [0.717, 1.165) is 28.8 Å². The Kier molecular flexibility index (Phi) is 4.39. The lowest BCUT2D eigenvalue weighted by Gasteiger charge is -2.23. The second kappa shape index (κ2) is 6.69. The van der Waals surface area contributed by atoms with Crippen LogP contribution in [0, 0.1) is 6.92 Å². The molecule has 0 bridgehead atoms. The monoisotopic (exact) mass is 359 g/mol. The van der Waals surface area contributed by atoms with E-state index in [4.69, 9.17) is 9.47 Å². The van der Waals surface area contributed by atoms with Gasteiger partial charge in [0.1, 0.15) is 12.7 Å². The van der Waals surface area contributed by atoms with Crippen molar-refractivity contribution in [3.05, 3.63) is 34.7 Å². The number of benzene rings is 1. The molecule has 1 fully saturated rings. The summed E-state index contributed by atoms with van der Waals surface area (Å²) in [5.74, 6) is 0.635. The Morgan fingerprint density at radius 2 is 2.20 bits per heavy atom. The second-order valence-electron chi connectivity index (χ2n) is 6.50. The summed E-state index contributed by atoms with van der Waals surface area (Å²) < 4.78 is 11.3. The maximum absolute atomic E-state index is 12.7. The van der Waals surface area contributed by atoms with E-state index < -0.39 is 0 Å². The van der Waals surface area contributed by atoms with Crippen LogP contribution < -0.4 is 4.74 Å². The van der Waals surface area contributed by atoms with Gasteiger partial charge >= 0.3 is 0 Å². The SMILES string of the molecule is Cc1ccc(-c2cc(O)c3c(c2)CN(C(=O)[C@H]2CCCO2)CCO3)s1. The molecule has 1 amide bonds. The van der Waals surface area contributed by atoms with Crippen molar-refractivity contribution in [3.8, 4) is 21.9 Å². The molecule has 1 atom stereocenters. The fourth-order valence-corrected chi connectivity index (χ4v) is 4.25. The van der Waals surface area contributed by atoms with Gasteiger partial charge in [-0.1, -0.05) is 0 Å². The summed E-state index contributed by atoms with van der Waals surface area (Å²) in [6.07, 6.45) is 1.38. The molecule has 2 aliphatic rings.